The molecular formula is C22H31N3O4. The van der Waals surface area contributed by atoms with E-state index in [1.807, 2.05) is 18.2 Å². The van der Waals surface area contributed by atoms with Crippen molar-refractivity contribution in [3.63, 3.8) is 0 Å². The summed E-state index contributed by atoms with van der Waals surface area (Å²) in [6, 6.07) is 5.70. The molecule has 0 bridgehead atoms. The molecule has 1 N–H and O–H groups in total. The molecule has 0 radical (unpaired) electrons. The fourth-order valence-electron chi connectivity index (χ4n) is 5.02. The van der Waals surface area contributed by atoms with Gasteiger partial charge in [-0.25, -0.2) is 9.69 Å². The van der Waals surface area contributed by atoms with E-state index >= 15 is 0 Å². The summed E-state index contributed by atoms with van der Waals surface area (Å²) in [4.78, 5) is 29.6. The van der Waals surface area contributed by atoms with Crippen molar-refractivity contribution < 1.29 is 19.1 Å². The number of hydrogen-bond acceptors (Lipinski definition) is 5. The zero-order valence-corrected chi connectivity index (χ0v) is 17.6. The maximum absolute atomic E-state index is 13.2. The maximum atomic E-state index is 13.2. The normalized spacial score (nSPS) is 30.1. The minimum Gasteiger partial charge on any atom is -0.497 e. The number of benzene rings is 1. The van der Waals surface area contributed by atoms with E-state index in [-0.39, 0.29) is 18.0 Å². The van der Waals surface area contributed by atoms with Gasteiger partial charge in [0.2, 0.25) is 0 Å². The Morgan fingerprint density at radius 2 is 1.90 bits per heavy atom. The number of rotatable bonds is 5. The number of imide groups is 1. The minimum absolute atomic E-state index is 0.0539. The minimum atomic E-state index is -0.684. The summed E-state index contributed by atoms with van der Waals surface area (Å²) < 4.78 is 10.9. The number of carbonyl (C=O) groups is 2. The van der Waals surface area contributed by atoms with Crippen LogP contribution in [-0.4, -0.2) is 54.7 Å². The maximum Gasteiger partial charge on any atom is 0.326 e. The second kappa shape index (κ2) is 7.86. The van der Waals surface area contributed by atoms with E-state index in [0.717, 1.165) is 62.1 Å². The van der Waals surface area contributed by atoms with Crippen molar-refractivity contribution in [3.8, 4) is 11.5 Å². The Labute approximate surface area is 172 Å². The van der Waals surface area contributed by atoms with Crippen molar-refractivity contribution in [1.29, 1.82) is 0 Å². The monoisotopic (exact) mass is 401 g/mol. The van der Waals surface area contributed by atoms with Crippen molar-refractivity contribution in [1.82, 2.24) is 15.1 Å². The molecule has 0 unspecified atom stereocenters. The Kier molecular flexibility index (Phi) is 5.42. The van der Waals surface area contributed by atoms with Crippen molar-refractivity contribution in [3.05, 3.63) is 23.8 Å². The molecule has 1 saturated carbocycles. The van der Waals surface area contributed by atoms with Crippen molar-refractivity contribution in [2.45, 2.75) is 57.0 Å². The molecule has 29 heavy (non-hydrogen) atoms. The van der Waals surface area contributed by atoms with Crippen LogP contribution in [0.4, 0.5) is 4.79 Å². The van der Waals surface area contributed by atoms with Crippen LogP contribution in [0.2, 0.25) is 0 Å². The van der Waals surface area contributed by atoms with Gasteiger partial charge in [-0.3, -0.25) is 9.69 Å². The number of amides is 3. The molecule has 1 spiro atoms. The van der Waals surface area contributed by atoms with Gasteiger partial charge in [-0.1, -0.05) is 13.0 Å². The van der Waals surface area contributed by atoms with Crippen LogP contribution >= 0.6 is 0 Å². The molecule has 4 rings (SSSR count). The van der Waals surface area contributed by atoms with Gasteiger partial charge in [0.1, 0.15) is 17.0 Å². The Bertz CT molecular complexity index is 788. The second-order valence-electron chi connectivity index (χ2n) is 8.65. The molecule has 158 valence electrons. The highest BCUT2D eigenvalue weighted by atomic mass is 16.5. The lowest BCUT2D eigenvalue weighted by Crippen LogP contribution is -2.50. The number of carbonyl (C=O) groups excluding carboxylic acids is 2. The van der Waals surface area contributed by atoms with Gasteiger partial charge in [0.05, 0.1) is 20.9 Å². The Morgan fingerprint density at radius 1 is 1.14 bits per heavy atom. The molecule has 2 aliphatic heterocycles. The zero-order chi connectivity index (χ0) is 20.6. The average Bonchev–Trinajstić information content (AvgIpc) is 3.28. The molecule has 0 aromatic heterocycles. The van der Waals surface area contributed by atoms with Gasteiger partial charge in [0, 0.05) is 24.2 Å². The molecule has 7 heteroatoms. The van der Waals surface area contributed by atoms with E-state index in [2.05, 4.69) is 17.1 Å². The lowest BCUT2D eigenvalue weighted by molar-refractivity contribution is -0.134. The fraction of sp³-hybridized carbons (Fsp3) is 0.636. The number of nitrogens with one attached hydrogen (secondary N) is 1. The van der Waals surface area contributed by atoms with Gasteiger partial charge in [-0.15, -0.1) is 0 Å². The summed E-state index contributed by atoms with van der Waals surface area (Å²) in [5, 5.41) is 3.03. The van der Waals surface area contributed by atoms with Crippen LogP contribution in [0.5, 0.6) is 11.5 Å². The van der Waals surface area contributed by atoms with E-state index in [1.165, 1.54) is 4.90 Å². The summed E-state index contributed by atoms with van der Waals surface area (Å²) in [6.07, 6.45) is 5.43. The first-order valence-electron chi connectivity index (χ1n) is 10.6. The van der Waals surface area contributed by atoms with Crippen molar-refractivity contribution in [2.24, 2.45) is 5.92 Å². The summed E-state index contributed by atoms with van der Waals surface area (Å²) in [5.74, 6) is 2.08. The van der Waals surface area contributed by atoms with Crippen molar-refractivity contribution in [2.75, 3.05) is 27.4 Å². The van der Waals surface area contributed by atoms with Crippen LogP contribution in [0.1, 0.15) is 57.1 Å². The molecular weight excluding hydrogens is 370 g/mol. The molecule has 2 saturated heterocycles. The second-order valence-corrected chi connectivity index (χ2v) is 8.65. The summed E-state index contributed by atoms with van der Waals surface area (Å²) in [6.45, 7) is 3.38. The average molecular weight is 402 g/mol. The first-order chi connectivity index (χ1) is 14.0. The van der Waals surface area contributed by atoms with Crippen LogP contribution in [0, 0.1) is 5.92 Å². The summed E-state index contributed by atoms with van der Waals surface area (Å²) in [7, 11) is 3.29. The number of ether oxygens (including phenoxy) is 2. The van der Waals surface area contributed by atoms with E-state index in [9.17, 15) is 9.59 Å². The van der Waals surface area contributed by atoms with Gasteiger partial charge in [0.25, 0.3) is 5.91 Å². The largest absolute Gasteiger partial charge is 0.497 e. The van der Waals surface area contributed by atoms with Gasteiger partial charge < -0.3 is 14.8 Å². The number of nitrogens with zero attached hydrogens (tertiary/aromatic N) is 2. The molecule has 7 nitrogen and oxygen atoms in total. The zero-order valence-electron chi connectivity index (χ0n) is 17.6. The van der Waals surface area contributed by atoms with Crippen molar-refractivity contribution >= 4 is 11.9 Å². The number of methoxy groups -OCH3 is 2. The highest BCUT2D eigenvalue weighted by Crippen LogP contribution is 2.40. The van der Waals surface area contributed by atoms with Gasteiger partial charge in [0.15, 0.2) is 0 Å². The number of urea groups is 1. The third-order valence-electron chi connectivity index (χ3n) is 6.86. The smallest absolute Gasteiger partial charge is 0.326 e. The highest BCUT2D eigenvalue weighted by molar-refractivity contribution is 6.07. The number of hydrogen-bond donors (Lipinski definition) is 1. The molecule has 1 aromatic rings. The quantitative estimate of drug-likeness (QED) is 0.767. The van der Waals surface area contributed by atoms with Crippen LogP contribution in [-0.2, 0) is 4.79 Å². The first-order valence-corrected chi connectivity index (χ1v) is 10.6. The van der Waals surface area contributed by atoms with Crippen LogP contribution in [0.15, 0.2) is 18.2 Å². The Morgan fingerprint density at radius 3 is 2.59 bits per heavy atom. The van der Waals surface area contributed by atoms with Gasteiger partial charge in [-0.2, -0.15) is 0 Å². The van der Waals surface area contributed by atoms with Crippen LogP contribution in [0.25, 0.3) is 0 Å². The third-order valence-corrected chi connectivity index (χ3v) is 6.86. The Hall–Kier alpha value is -2.28. The van der Waals surface area contributed by atoms with E-state index in [0.29, 0.717) is 12.6 Å². The molecule has 3 amide bonds. The van der Waals surface area contributed by atoms with E-state index in [1.54, 1.807) is 14.2 Å². The predicted molar refractivity (Wildman–Crippen MR) is 109 cm³/mol. The SMILES string of the molecule is COc1ccc([C@@H]2CCCN2CN2C(=O)NC3(CCC(C)CC3)C2=O)c(OC)c1. The highest BCUT2D eigenvalue weighted by Gasteiger charge is 2.52. The predicted octanol–water partition coefficient (Wildman–Crippen LogP) is 3.30. The third kappa shape index (κ3) is 3.56. The topological polar surface area (TPSA) is 71.1 Å². The fourth-order valence-corrected chi connectivity index (χ4v) is 5.02. The van der Waals surface area contributed by atoms with Gasteiger partial charge >= 0.3 is 6.03 Å². The van der Waals surface area contributed by atoms with E-state index in [4.69, 9.17) is 9.47 Å². The summed E-state index contributed by atoms with van der Waals surface area (Å²) >= 11 is 0. The molecule has 3 fully saturated rings. The molecule has 1 aromatic carbocycles. The number of likely N-dealkylation sites (tertiary alicyclic amines) is 1. The van der Waals surface area contributed by atoms with Gasteiger partial charge in [-0.05, 0) is 50.5 Å². The molecule has 2 heterocycles. The molecule has 1 aliphatic carbocycles. The van der Waals surface area contributed by atoms with Crippen LogP contribution in [0.3, 0.4) is 0 Å². The molecule has 3 aliphatic rings. The Balaban J connectivity index is 1.52. The standard InChI is InChI=1S/C22H31N3O4/c1-15-8-10-22(11-9-15)20(26)25(21(27)23-22)14-24-12-4-5-18(24)17-7-6-16(28-2)13-19(17)29-3/h6-7,13,15,18H,4-5,8-12,14H2,1-3H3,(H,23,27)/t15?,18-,22?/m0/s1. The lowest BCUT2D eigenvalue weighted by Gasteiger charge is -2.34. The lowest BCUT2D eigenvalue weighted by atomic mass is 9.77. The van der Waals surface area contributed by atoms with E-state index < -0.39 is 5.54 Å². The molecule has 1 atom stereocenters. The first kappa shape index (κ1) is 20.0. The van der Waals surface area contributed by atoms with Crippen LogP contribution < -0.4 is 14.8 Å². The summed E-state index contributed by atoms with van der Waals surface area (Å²) in [5.41, 5.74) is 0.385.